The first kappa shape index (κ1) is 15.0. The zero-order chi connectivity index (χ0) is 15.4. The number of aromatic nitrogens is 3. The van der Waals surface area contributed by atoms with Crippen LogP contribution in [0.5, 0.6) is 0 Å². The zero-order valence-electron chi connectivity index (χ0n) is 12.9. The van der Waals surface area contributed by atoms with Crippen molar-refractivity contribution >= 4 is 11.7 Å². The lowest BCUT2D eigenvalue weighted by Gasteiger charge is -2.16. The molecule has 2 aromatic heterocycles. The van der Waals surface area contributed by atoms with Gasteiger partial charge in [-0.25, -0.2) is 4.98 Å². The van der Waals surface area contributed by atoms with Crippen molar-refractivity contribution in [2.24, 2.45) is 7.05 Å². The van der Waals surface area contributed by atoms with Gasteiger partial charge in [-0.05, 0) is 26.0 Å². The van der Waals surface area contributed by atoms with Crippen molar-refractivity contribution in [3.63, 3.8) is 0 Å². The summed E-state index contributed by atoms with van der Waals surface area (Å²) in [6.45, 7) is 4.57. The second-order valence-corrected chi connectivity index (χ2v) is 5.39. The minimum absolute atomic E-state index is 0.105. The Balaban J connectivity index is 2.08. The second kappa shape index (κ2) is 6.39. The first-order valence-corrected chi connectivity index (χ1v) is 6.92. The molecule has 21 heavy (non-hydrogen) atoms. The molecule has 0 atom stereocenters. The number of carbonyl (C=O) groups is 1. The number of hydrogen-bond donors (Lipinski definition) is 1. The van der Waals surface area contributed by atoms with Crippen molar-refractivity contribution in [3.05, 3.63) is 41.9 Å². The third-order valence-electron chi connectivity index (χ3n) is 2.93. The molecule has 0 unspecified atom stereocenters. The van der Waals surface area contributed by atoms with E-state index in [1.807, 2.05) is 39.2 Å². The fraction of sp³-hybridized carbons (Fsp3) is 0.400. The molecule has 0 aliphatic heterocycles. The molecular weight excluding hydrogens is 266 g/mol. The number of carbonyl (C=O) groups excluding carboxylic acids is 1. The van der Waals surface area contributed by atoms with Gasteiger partial charge in [0, 0.05) is 38.4 Å². The molecule has 0 saturated carbocycles. The molecule has 0 saturated heterocycles. The second-order valence-electron chi connectivity index (χ2n) is 5.39. The summed E-state index contributed by atoms with van der Waals surface area (Å²) in [7, 11) is 3.62. The smallest absolute Gasteiger partial charge is 0.272 e. The monoisotopic (exact) mass is 287 g/mol. The lowest BCUT2D eigenvalue weighted by atomic mass is 10.2. The topological polar surface area (TPSA) is 63.1 Å². The van der Waals surface area contributed by atoms with Gasteiger partial charge in [0.1, 0.15) is 11.5 Å². The molecule has 0 aliphatic rings. The highest BCUT2D eigenvalue weighted by Crippen LogP contribution is 2.10. The van der Waals surface area contributed by atoms with Crippen molar-refractivity contribution in [1.29, 1.82) is 0 Å². The predicted octanol–water partition coefficient (Wildman–Crippen LogP) is 1.91. The highest BCUT2D eigenvalue weighted by molar-refractivity contribution is 5.92. The van der Waals surface area contributed by atoms with Crippen molar-refractivity contribution in [3.8, 4) is 0 Å². The number of hydrogen-bond acceptors (Lipinski definition) is 4. The van der Waals surface area contributed by atoms with Gasteiger partial charge >= 0.3 is 0 Å². The first-order chi connectivity index (χ1) is 9.95. The summed E-state index contributed by atoms with van der Waals surface area (Å²) in [5, 5.41) is 7.30. The van der Waals surface area contributed by atoms with Gasteiger partial charge < -0.3 is 10.2 Å². The summed E-state index contributed by atoms with van der Waals surface area (Å²) in [5.41, 5.74) is 1.43. The van der Waals surface area contributed by atoms with Crippen LogP contribution in [-0.4, -0.2) is 38.7 Å². The summed E-state index contributed by atoms with van der Waals surface area (Å²) in [6, 6.07) is 5.70. The number of pyridine rings is 1. The molecule has 1 N–H and O–H groups in total. The summed E-state index contributed by atoms with van der Waals surface area (Å²) in [5.74, 6) is 0.608. The number of aryl methyl sites for hydroxylation is 1. The molecule has 2 aromatic rings. The number of rotatable bonds is 5. The van der Waals surface area contributed by atoms with Crippen LogP contribution in [0.3, 0.4) is 0 Å². The highest BCUT2D eigenvalue weighted by atomic mass is 16.2. The lowest BCUT2D eigenvalue weighted by Crippen LogP contribution is -2.27. The normalized spacial score (nSPS) is 10.7. The number of anilines is 1. The molecule has 0 aromatic carbocycles. The van der Waals surface area contributed by atoms with Crippen LogP contribution >= 0.6 is 0 Å². The molecule has 6 nitrogen and oxygen atoms in total. The summed E-state index contributed by atoms with van der Waals surface area (Å²) >= 11 is 0. The van der Waals surface area contributed by atoms with Gasteiger partial charge in [-0.1, -0.05) is 6.07 Å². The molecule has 112 valence electrons. The molecule has 2 rings (SSSR count). The van der Waals surface area contributed by atoms with Crippen LogP contribution in [0.15, 0.2) is 30.6 Å². The number of amides is 1. The van der Waals surface area contributed by atoms with Gasteiger partial charge in [-0.15, -0.1) is 0 Å². The minimum atomic E-state index is -0.105. The maximum absolute atomic E-state index is 12.4. The van der Waals surface area contributed by atoms with Crippen molar-refractivity contribution in [1.82, 2.24) is 19.7 Å². The molecule has 1 amide bonds. The van der Waals surface area contributed by atoms with E-state index >= 15 is 0 Å². The maximum atomic E-state index is 12.4. The lowest BCUT2D eigenvalue weighted by molar-refractivity contribution is 0.0779. The van der Waals surface area contributed by atoms with E-state index in [0.717, 1.165) is 5.56 Å². The van der Waals surface area contributed by atoms with Gasteiger partial charge in [-0.3, -0.25) is 9.48 Å². The fourth-order valence-corrected chi connectivity index (χ4v) is 2.02. The van der Waals surface area contributed by atoms with E-state index in [4.69, 9.17) is 0 Å². The Morgan fingerprint density at radius 3 is 2.81 bits per heavy atom. The van der Waals surface area contributed by atoms with Crippen LogP contribution in [0.2, 0.25) is 0 Å². The first-order valence-electron chi connectivity index (χ1n) is 6.92. The van der Waals surface area contributed by atoms with Gasteiger partial charge in [-0.2, -0.15) is 5.10 Å². The Morgan fingerprint density at radius 2 is 2.19 bits per heavy atom. The van der Waals surface area contributed by atoms with E-state index in [-0.39, 0.29) is 11.9 Å². The van der Waals surface area contributed by atoms with Crippen LogP contribution in [-0.2, 0) is 13.6 Å². The van der Waals surface area contributed by atoms with Crippen LogP contribution in [0.25, 0.3) is 0 Å². The largest absolute Gasteiger partial charge is 0.368 e. The molecule has 0 radical (unpaired) electrons. The van der Waals surface area contributed by atoms with Crippen molar-refractivity contribution in [2.75, 3.05) is 12.4 Å². The number of nitrogens with zero attached hydrogens (tertiary/aromatic N) is 4. The Hall–Kier alpha value is -2.37. The molecule has 0 fully saturated rings. The minimum Gasteiger partial charge on any atom is -0.368 e. The van der Waals surface area contributed by atoms with Crippen LogP contribution in [0.4, 0.5) is 5.82 Å². The van der Waals surface area contributed by atoms with Gasteiger partial charge in [0.15, 0.2) is 0 Å². The Kier molecular flexibility index (Phi) is 4.57. The van der Waals surface area contributed by atoms with E-state index < -0.39 is 0 Å². The third kappa shape index (κ3) is 4.05. The average Bonchev–Trinajstić information content (AvgIpc) is 2.82. The van der Waals surface area contributed by atoms with Crippen molar-refractivity contribution < 1.29 is 4.79 Å². The van der Waals surface area contributed by atoms with E-state index in [0.29, 0.717) is 18.1 Å². The Labute approximate surface area is 124 Å². The van der Waals surface area contributed by atoms with Crippen LogP contribution < -0.4 is 5.32 Å². The Morgan fingerprint density at radius 1 is 1.43 bits per heavy atom. The van der Waals surface area contributed by atoms with Gasteiger partial charge in [0.05, 0.1) is 6.20 Å². The maximum Gasteiger partial charge on any atom is 0.272 e. The SMILES string of the molecule is CC(C)Nc1cccc(C(=O)N(C)Cc2cnn(C)c2)n1. The van der Waals surface area contributed by atoms with E-state index in [1.54, 1.807) is 28.9 Å². The van der Waals surface area contributed by atoms with E-state index in [9.17, 15) is 4.79 Å². The standard InChI is InChI=1S/C15H21N5O/c1-11(2)17-14-7-5-6-13(18-14)15(21)19(3)9-12-8-16-20(4)10-12/h5-8,10-11H,9H2,1-4H3,(H,17,18). The van der Waals surface area contributed by atoms with Crippen molar-refractivity contribution in [2.45, 2.75) is 26.4 Å². The third-order valence-corrected chi connectivity index (χ3v) is 2.93. The molecular formula is C15H21N5O. The van der Waals surface area contributed by atoms with Gasteiger partial charge in [0.2, 0.25) is 0 Å². The zero-order valence-corrected chi connectivity index (χ0v) is 12.9. The molecule has 6 heteroatoms. The molecule has 2 heterocycles. The average molecular weight is 287 g/mol. The summed E-state index contributed by atoms with van der Waals surface area (Å²) in [6.07, 6.45) is 3.65. The number of nitrogens with one attached hydrogen (secondary N) is 1. The molecule has 0 bridgehead atoms. The van der Waals surface area contributed by atoms with Crippen LogP contribution in [0.1, 0.15) is 29.9 Å². The predicted molar refractivity (Wildman–Crippen MR) is 82.0 cm³/mol. The highest BCUT2D eigenvalue weighted by Gasteiger charge is 2.14. The molecule has 0 aliphatic carbocycles. The molecule has 0 spiro atoms. The van der Waals surface area contributed by atoms with E-state index in [2.05, 4.69) is 15.4 Å². The van der Waals surface area contributed by atoms with Gasteiger partial charge in [0.25, 0.3) is 5.91 Å². The van der Waals surface area contributed by atoms with E-state index in [1.165, 1.54) is 0 Å². The fourth-order valence-electron chi connectivity index (χ4n) is 2.02. The Bertz CT molecular complexity index is 620. The quantitative estimate of drug-likeness (QED) is 0.912. The van der Waals surface area contributed by atoms with Crippen LogP contribution in [0, 0.1) is 0 Å². The summed E-state index contributed by atoms with van der Waals surface area (Å²) in [4.78, 5) is 18.4. The summed E-state index contributed by atoms with van der Waals surface area (Å²) < 4.78 is 1.72.